The molecule has 0 bridgehead atoms. The minimum atomic E-state index is -0.192. The third kappa shape index (κ3) is 1.60. The molecule has 1 aromatic rings. The van der Waals surface area contributed by atoms with Crippen LogP contribution in [-0.4, -0.2) is 17.4 Å². The number of anilines is 1. The number of nitrogens with one attached hydrogen (secondary N) is 2. The summed E-state index contributed by atoms with van der Waals surface area (Å²) in [5.74, 6) is 0.484. The fourth-order valence-electron chi connectivity index (χ4n) is 0.609. The van der Waals surface area contributed by atoms with Crippen molar-refractivity contribution >= 4 is 11.7 Å². The summed E-state index contributed by atoms with van der Waals surface area (Å²) in [6, 6.07) is 3.56. The number of amides is 1. The molecule has 0 atom stereocenters. The Hall–Kier alpha value is -1.29. The van der Waals surface area contributed by atoms with Gasteiger partial charge in [-0.1, -0.05) is 0 Å². The van der Waals surface area contributed by atoms with Crippen molar-refractivity contribution in [2.75, 3.05) is 11.9 Å². The fourth-order valence-corrected chi connectivity index (χ4v) is 0.609. The van der Waals surface area contributed by atoms with Gasteiger partial charge in [0.25, 0.3) is 0 Å². The molecule has 1 heterocycles. The number of rotatable bonds is 2. The SMILES string of the molecule is NCC(=O)Nc1ccc[nH]1. The van der Waals surface area contributed by atoms with Gasteiger partial charge in [0.05, 0.1) is 6.54 Å². The number of carbonyl (C=O) groups excluding carboxylic acids is 1. The lowest BCUT2D eigenvalue weighted by atomic mass is 10.5. The number of aromatic amines is 1. The van der Waals surface area contributed by atoms with E-state index in [1.165, 1.54) is 0 Å². The zero-order chi connectivity index (χ0) is 7.40. The first-order valence-corrected chi connectivity index (χ1v) is 2.96. The van der Waals surface area contributed by atoms with Gasteiger partial charge in [0.15, 0.2) is 0 Å². The summed E-state index contributed by atoms with van der Waals surface area (Å²) in [6.45, 7) is 0.0129. The van der Waals surface area contributed by atoms with Gasteiger partial charge in [-0.3, -0.25) is 4.79 Å². The molecule has 4 nitrogen and oxygen atoms in total. The first-order chi connectivity index (χ1) is 4.83. The lowest BCUT2D eigenvalue weighted by Crippen LogP contribution is -2.21. The van der Waals surface area contributed by atoms with Gasteiger partial charge in [-0.2, -0.15) is 0 Å². The predicted molar refractivity (Wildman–Crippen MR) is 38.5 cm³/mol. The molecular formula is C6H9N3O. The van der Waals surface area contributed by atoms with E-state index in [9.17, 15) is 4.79 Å². The maximum absolute atomic E-state index is 10.6. The highest BCUT2D eigenvalue weighted by Crippen LogP contribution is 1.99. The minimum Gasteiger partial charge on any atom is -0.348 e. The first kappa shape index (κ1) is 6.82. The molecule has 10 heavy (non-hydrogen) atoms. The molecule has 4 heteroatoms. The molecule has 4 N–H and O–H groups in total. The van der Waals surface area contributed by atoms with Crippen LogP contribution < -0.4 is 11.1 Å². The Balaban J connectivity index is 2.48. The van der Waals surface area contributed by atoms with Gasteiger partial charge in [0.2, 0.25) is 5.91 Å². The highest BCUT2D eigenvalue weighted by molar-refractivity contribution is 5.91. The molecule has 0 saturated heterocycles. The number of carbonyl (C=O) groups is 1. The van der Waals surface area contributed by atoms with Crippen molar-refractivity contribution in [3.05, 3.63) is 18.3 Å². The molecule has 0 aliphatic rings. The number of hydrogen-bond acceptors (Lipinski definition) is 2. The van der Waals surface area contributed by atoms with Crippen molar-refractivity contribution in [3.8, 4) is 0 Å². The molecule has 0 aliphatic heterocycles. The van der Waals surface area contributed by atoms with E-state index in [2.05, 4.69) is 10.3 Å². The first-order valence-electron chi connectivity index (χ1n) is 2.96. The van der Waals surface area contributed by atoms with Crippen LogP contribution in [0.2, 0.25) is 0 Å². The van der Waals surface area contributed by atoms with Crippen molar-refractivity contribution in [2.24, 2.45) is 5.73 Å². The van der Waals surface area contributed by atoms with E-state index < -0.39 is 0 Å². The smallest absolute Gasteiger partial charge is 0.239 e. The summed E-state index contributed by atoms with van der Waals surface area (Å²) >= 11 is 0. The van der Waals surface area contributed by atoms with Gasteiger partial charge in [0.1, 0.15) is 5.82 Å². The summed E-state index contributed by atoms with van der Waals surface area (Å²) in [5, 5.41) is 2.55. The quantitative estimate of drug-likeness (QED) is 0.536. The van der Waals surface area contributed by atoms with Crippen LogP contribution in [0.1, 0.15) is 0 Å². The Labute approximate surface area is 58.4 Å². The van der Waals surface area contributed by atoms with Crippen molar-refractivity contribution in [2.45, 2.75) is 0 Å². The molecule has 0 saturated carbocycles. The average Bonchev–Trinajstić information content (AvgIpc) is 2.40. The lowest BCUT2D eigenvalue weighted by Gasteiger charge is -1.97. The minimum absolute atomic E-state index is 0.0129. The van der Waals surface area contributed by atoms with Crippen molar-refractivity contribution in [1.29, 1.82) is 0 Å². The van der Waals surface area contributed by atoms with Crippen LogP contribution >= 0.6 is 0 Å². The molecular weight excluding hydrogens is 130 g/mol. The summed E-state index contributed by atoms with van der Waals surface area (Å²) in [6.07, 6.45) is 1.73. The molecule has 1 aromatic heterocycles. The third-order valence-corrected chi connectivity index (χ3v) is 1.06. The highest BCUT2D eigenvalue weighted by atomic mass is 16.1. The van der Waals surface area contributed by atoms with Crippen molar-refractivity contribution in [1.82, 2.24) is 4.98 Å². The molecule has 54 valence electrons. The standard InChI is InChI=1S/C6H9N3O/c7-4-6(10)9-5-2-1-3-8-5/h1-3,8H,4,7H2,(H,9,10). The van der Waals surface area contributed by atoms with Crippen LogP contribution in [0.3, 0.4) is 0 Å². The molecule has 1 amide bonds. The van der Waals surface area contributed by atoms with E-state index in [0.29, 0.717) is 5.82 Å². The molecule has 1 rings (SSSR count). The lowest BCUT2D eigenvalue weighted by molar-refractivity contribution is -0.114. The van der Waals surface area contributed by atoms with Crippen molar-refractivity contribution < 1.29 is 4.79 Å². The number of H-pyrrole nitrogens is 1. The van der Waals surface area contributed by atoms with Gasteiger partial charge >= 0.3 is 0 Å². The fraction of sp³-hybridized carbons (Fsp3) is 0.167. The second-order valence-electron chi connectivity index (χ2n) is 1.84. The largest absolute Gasteiger partial charge is 0.348 e. The highest BCUT2D eigenvalue weighted by Gasteiger charge is 1.96. The van der Waals surface area contributed by atoms with E-state index in [1.807, 2.05) is 0 Å². The average molecular weight is 139 g/mol. The third-order valence-electron chi connectivity index (χ3n) is 1.06. The zero-order valence-electron chi connectivity index (χ0n) is 5.42. The molecule has 0 fully saturated rings. The van der Waals surface area contributed by atoms with E-state index in [4.69, 9.17) is 5.73 Å². The Bertz CT molecular complexity index is 205. The summed E-state index contributed by atoms with van der Waals surface area (Å²) in [5.41, 5.74) is 5.06. The topological polar surface area (TPSA) is 70.9 Å². The maximum atomic E-state index is 10.6. The maximum Gasteiger partial charge on any atom is 0.239 e. The molecule has 0 spiro atoms. The summed E-state index contributed by atoms with van der Waals surface area (Å²) < 4.78 is 0. The number of nitrogens with two attached hydrogens (primary N) is 1. The Morgan fingerprint density at radius 3 is 3.10 bits per heavy atom. The van der Waals surface area contributed by atoms with Gasteiger partial charge < -0.3 is 16.0 Å². The van der Waals surface area contributed by atoms with Gasteiger partial charge in [0, 0.05) is 6.20 Å². The van der Waals surface area contributed by atoms with Crippen LogP contribution in [0.5, 0.6) is 0 Å². The second-order valence-corrected chi connectivity index (χ2v) is 1.84. The van der Waals surface area contributed by atoms with Gasteiger partial charge in [-0.25, -0.2) is 0 Å². The van der Waals surface area contributed by atoms with Gasteiger partial charge in [-0.15, -0.1) is 0 Å². The summed E-state index contributed by atoms with van der Waals surface area (Å²) in [4.78, 5) is 13.4. The zero-order valence-corrected chi connectivity index (χ0v) is 5.42. The Morgan fingerprint density at radius 2 is 2.60 bits per heavy atom. The van der Waals surface area contributed by atoms with E-state index >= 15 is 0 Å². The Morgan fingerprint density at radius 1 is 1.80 bits per heavy atom. The van der Waals surface area contributed by atoms with Crippen LogP contribution in [0.15, 0.2) is 18.3 Å². The van der Waals surface area contributed by atoms with Crippen LogP contribution in [0, 0.1) is 0 Å². The van der Waals surface area contributed by atoms with Crippen molar-refractivity contribution in [3.63, 3.8) is 0 Å². The van der Waals surface area contributed by atoms with E-state index in [1.54, 1.807) is 18.3 Å². The monoisotopic (exact) mass is 139 g/mol. The predicted octanol–water partition coefficient (Wildman–Crippen LogP) is -0.0881. The molecule has 0 aromatic carbocycles. The van der Waals surface area contributed by atoms with Gasteiger partial charge in [-0.05, 0) is 12.1 Å². The number of aromatic nitrogens is 1. The Kier molecular flexibility index (Phi) is 2.07. The summed E-state index contributed by atoms with van der Waals surface area (Å²) in [7, 11) is 0. The van der Waals surface area contributed by atoms with Crippen LogP contribution in [0.4, 0.5) is 5.82 Å². The molecule has 0 aliphatic carbocycles. The van der Waals surface area contributed by atoms with Crippen LogP contribution in [-0.2, 0) is 4.79 Å². The van der Waals surface area contributed by atoms with E-state index in [-0.39, 0.29) is 12.5 Å². The normalized spacial score (nSPS) is 9.30. The number of hydrogen-bond donors (Lipinski definition) is 3. The van der Waals surface area contributed by atoms with Crippen LogP contribution in [0.25, 0.3) is 0 Å². The molecule has 0 unspecified atom stereocenters. The van der Waals surface area contributed by atoms with E-state index in [0.717, 1.165) is 0 Å². The second kappa shape index (κ2) is 3.03. The molecule has 0 radical (unpaired) electrons.